The maximum absolute atomic E-state index is 12.4. The van der Waals surface area contributed by atoms with Crippen LogP contribution in [-0.2, 0) is 11.2 Å². The molecule has 3 aromatic rings. The smallest absolute Gasteiger partial charge is 0.224 e. The Labute approximate surface area is 178 Å². The van der Waals surface area contributed by atoms with E-state index in [4.69, 9.17) is 0 Å². The summed E-state index contributed by atoms with van der Waals surface area (Å²) in [7, 11) is 2.17. The second kappa shape index (κ2) is 9.69. The van der Waals surface area contributed by atoms with Gasteiger partial charge in [0.15, 0.2) is 0 Å². The van der Waals surface area contributed by atoms with Crippen molar-refractivity contribution in [1.82, 2.24) is 24.9 Å². The molecule has 0 radical (unpaired) electrons. The summed E-state index contributed by atoms with van der Waals surface area (Å²) in [6, 6.07) is 20.9. The molecule has 1 saturated heterocycles. The molecule has 0 aliphatic carbocycles. The Morgan fingerprint density at radius 2 is 1.80 bits per heavy atom. The van der Waals surface area contributed by atoms with Crippen LogP contribution in [0.3, 0.4) is 0 Å². The van der Waals surface area contributed by atoms with E-state index in [1.54, 1.807) is 10.9 Å². The molecule has 1 unspecified atom stereocenters. The quantitative estimate of drug-likeness (QED) is 0.659. The highest BCUT2D eigenvalue weighted by atomic mass is 16.1. The normalized spacial score (nSPS) is 17.7. The fourth-order valence-electron chi connectivity index (χ4n) is 3.98. The summed E-state index contributed by atoms with van der Waals surface area (Å²) in [5.41, 5.74) is 3.24. The van der Waals surface area contributed by atoms with Gasteiger partial charge in [0.2, 0.25) is 5.91 Å². The number of para-hydroxylation sites is 1. The van der Waals surface area contributed by atoms with Gasteiger partial charge in [-0.15, -0.1) is 0 Å². The molecule has 2 aromatic carbocycles. The molecule has 1 aliphatic rings. The van der Waals surface area contributed by atoms with Gasteiger partial charge >= 0.3 is 0 Å². The molecule has 1 amide bonds. The van der Waals surface area contributed by atoms with Crippen molar-refractivity contribution in [2.45, 2.75) is 12.5 Å². The van der Waals surface area contributed by atoms with E-state index in [-0.39, 0.29) is 5.91 Å². The van der Waals surface area contributed by atoms with Crippen LogP contribution in [0.4, 0.5) is 0 Å². The average Bonchev–Trinajstić information content (AvgIpc) is 3.24. The van der Waals surface area contributed by atoms with Gasteiger partial charge in [0, 0.05) is 45.0 Å². The number of carbonyl (C=O) groups is 1. The van der Waals surface area contributed by atoms with Crippen molar-refractivity contribution < 1.29 is 4.79 Å². The number of hydrogen-bond acceptors (Lipinski definition) is 4. The molecule has 1 aliphatic heterocycles. The first-order chi connectivity index (χ1) is 14.7. The minimum Gasteiger partial charge on any atom is -0.355 e. The second-order valence-corrected chi connectivity index (χ2v) is 7.88. The fraction of sp³-hybridized carbons (Fsp3) is 0.333. The standard InChI is InChI=1S/C24H29N5O/c1-27-14-15-28(23(19-27)21-8-4-2-5-9-21)13-12-25-24(30)16-20-17-26-29(18-20)22-10-6-3-7-11-22/h2-11,17-18,23H,12-16,19H2,1H3,(H,25,30). The number of rotatable bonds is 7. The number of likely N-dealkylation sites (N-methyl/N-ethyl adjacent to an activating group) is 1. The van der Waals surface area contributed by atoms with Gasteiger partial charge in [-0.3, -0.25) is 9.69 Å². The lowest BCUT2D eigenvalue weighted by atomic mass is 10.0. The van der Waals surface area contributed by atoms with Gasteiger partial charge in [-0.1, -0.05) is 48.5 Å². The molecule has 1 atom stereocenters. The van der Waals surface area contributed by atoms with Crippen LogP contribution >= 0.6 is 0 Å². The van der Waals surface area contributed by atoms with E-state index in [9.17, 15) is 4.79 Å². The van der Waals surface area contributed by atoms with Crippen LogP contribution < -0.4 is 5.32 Å². The molecule has 4 rings (SSSR count). The van der Waals surface area contributed by atoms with Crippen LogP contribution in [-0.4, -0.2) is 65.3 Å². The van der Waals surface area contributed by atoms with Crippen LogP contribution in [0.5, 0.6) is 0 Å². The third-order valence-corrected chi connectivity index (χ3v) is 5.62. The van der Waals surface area contributed by atoms with Crippen LogP contribution in [0.25, 0.3) is 5.69 Å². The molecular formula is C24H29N5O. The van der Waals surface area contributed by atoms with Crippen LogP contribution in [0.1, 0.15) is 17.2 Å². The van der Waals surface area contributed by atoms with Gasteiger partial charge in [-0.25, -0.2) is 4.68 Å². The first kappa shape index (κ1) is 20.3. The molecule has 30 heavy (non-hydrogen) atoms. The maximum Gasteiger partial charge on any atom is 0.224 e. The summed E-state index contributed by atoms with van der Waals surface area (Å²) in [5.74, 6) is 0.0352. The summed E-state index contributed by atoms with van der Waals surface area (Å²) >= 11 is 0. The topological polar surface area (TPSA) is 53.4 Å². The number of aromatic nitrogens is 2. The van der Waals surface area contributed by atoms with Crippen LogP contribution in [0.2, 0.25) is 0 Å². The summed E-state index contributed by atoms with van der Waals surface area (Å²) in [5, 5.41) is 7.45. The number of amides is 1. The van der Waals surface area contributed by atoms with Crippen LogP contribution in [0.15, 0.2) is 73.1 Å². The van der Waals surface area contributed by atoms with Crippen molar-refractivity contribution in [2.24, 2.45) is 0 Å². The van der Waals surface area contributed by atoms with Crippen molar-refractivity contribution in [1.29, 1.82) is 0 Å². The van der Waals surface area contributed by atoms with Crippen molar-refractivity contribution >= 4 is 5.91 Å². The lowest BCUT2D eigenvalue weighted by Gasteiger charge is -2.40. The average molecular weight is 404 g/mol. The van der Waals surface area contributed by atoms with Gasteiger partial charge in [0.25, 0.3) is 0 Å². The van der Waals surface area contributed by atoms with E-state index in [2.05, 4.69) is 57.6 Å². The lowest BCUT2D eigenvalue weighted by Crippen LogP contribution is -2.49. The van der Waals surface area contributed by atoms with Gasteiger partial charge in [-0.2, -0.15) is 5.10 Å². The summed E-state index contributed by atoms with van der Waals surface area (Å²) < 4.78 is 1.80. The summed E-state index contributed by atoms with van der Waals surface area (Å²) in [6.07, 6.45) is 4.02. The third kappa shape index (κ3) is 5.14. The highest BCUT2D eigenvalue weighted by Gasteiger charge is 2.26. The molecule has 1 aromatic heterocycles. The highest BCUT2D eigenvalue weighted by Crippen LogP contribution is 2.24. The van der Waals surface area contributed by atoms with Crippen molar-refractivity contribution in [3.63, 3.8) is 0 Å². The van der Waals surface area contributed by atoms with Crippen LogP contribution in [0, 0.1) is 0 Å². The largest absolute Gasteiger partial charge is 0.355 e. The lowest BCUT2D eigenvalue weighted by molar-refractivity contribution is -0.120. The summed E-state index contributed by atoms with van der Waals surface area (Å²) in [4.78, 5) is 17.3. The SMILES string of the molecule is CN1CCN(CCNC(=O)Cc2cnn(-c3ccccc3)c2)C(c2ccccc2)C1. The third-order valence-electron chi connectivity index (χ3n) is 5.62. The van der Waals surface area contributed by atoms with Gasteiger partial charge < -0.3 is 10.2 Å². The number of nitrogens with zero attached hydrogens (tertiary/aromatic N) is 4. The molecule has 0 bridgehead atoms. The Morgan fingerprint density at radius 1 is 1.07 bits per heavy atom. The first-order valence-corrected chi connectivity index (χ1v) is 10.5. The number of piperazine rings is 1. The molecule has 6 heteroatoms. The van der Waals surface area contributed by atoms with E-state index < -0.39 is 0 Å². The highest BCUT2D eigenvalue weighted by molar-refractivity contribution is 5.78. The molecule has 1 fully saturated rings. The zero-order valence-electron chi connectivity index (χ0n) is 17.4. The Morgan fingerprint density at radius 3 is 2.57 bits per heavy atom. The fourth-order valence-corrected chi connectivity index (χ4v) is 3.98. The monoisotopic (exact) mass is 403 g/mol. The maximum atomic E-state index is 12.4. The van der Waals surface area contributed by atoms with E-state index in [0.29, 0.717) is 19.0 Å². The van der Waals surface area contributed by atoms with E-state index >= 15 is 0 Å². The Balaban J connectivity index is 1.28. The second-order valence-electron chi connectivity index (χ2n) is 7.88. The minimum atomic E-state index is 0.0352. The Bertz CT molecular complexity index is 940. The molecule has 156 valence electrons. The molecule has 6 nitrogen and oxygen atoms in total. The minimum absolute atomic E-state index is 0.0352. The molecule has 0 spiro atoms. The zero-order chi connectivity index (χ0) is 20.8. The van der Waals surface area contributed by atoms with Crippen molar-refractivity contribution in [2.75, 3.05) is 39.8 Å². The Hall–Kier alpha value is -2.96. The first-order valence-electron chi connectivity index (χ1n) is 10.5. The molecule has 0 saturated carbocycles. The van der Waals surface area contributed by atoms with E-state index in [1.165, 1.54) is 5.56 Å². The predicted molar refractivity (Wildman–Crippen MR) is 119 cm³/mol. The number of carbonyl (C=O) groups excluding carboxylic acids is 1. The summed E-state index contributed by atoms with van der Waals surface area (Å²) in [6.45, 7) is 4.57. The van der Waals surface area contributed by atoms with Gasteiger partial charge in [0.1, 0.15) is 0 Å². The van der Waals surface area contributed by atoms with Crippen molar-refractivity contribution in [3.8, 4) is 5.69 Å². The zero-order valence-corrected chi connectivity index (χ0v) is 17.4. The van der Waals surface area contributed by atoms with Crippen molar-refractivity contribution in [3.05, 3.63) is 84.2 Å². The number of hydrogen-bond donors (Lipinski definition) is 1. The predicted octanol–water partition coefficient (Wildman–Crippen LogP) is 2.52. The Kier molecular flexibility index (Phi) is 6.57. The van der Waals surface area contributed by atoms with E-state index in [0.717, 1.165) is 37.4 Å². The number of nitrogens with one attached hydrogen (secondary N) is 1. The van der Waals surface area contributed by atoms with Gasteiger partial charge in [-0.05, 0) is 30.3 Å². The molecule has 2 heterocycles. The van der Waals surface area contributed by atoms with Gasteiger partial charge in [0.05, 0.1) is 18.3 Å². The van der Waals surface area contributed by atoms with E-state index in [1.807, 2.05) is 36.5 Å². The number of benzene rings is 2. The molecular weight excluding hydrogens is 374 g/mol. The molecule has 1 N–H and O–H groups in total.